The van der Waals surface area contributed by atoms with Gasteiger partial charge in [0.05, 0.1) is 25.4 Å². The highest BCUT2D eigenvalue weighted by Gasteiger charge is 2.44. The van der Waals surface area contributed by atoms with Crippen molar-refractivity contribution in [3.05, 3.63) is 170 Å². The van der Waals surface area contributed by atoms with E-state index in [2.05, 4.69) is 177 Å². The van der Waals surface area contributed by atoms with Gasteiger partial charge in [-0.15, -0.1) is 0 Å². The van der Waals surface area contributed by atoms with Crippen molar-refractivity contribution < 1.29 is 39.8 Å². The SMILES string of the molecule is CC/C=C\C/C=C\C/C=C\C/C=C\C/C=C\C/C=C\C/C=C\C/C=C\C/C=C\C/C=C\C/C=C\C/C=C\CCCCC(=O)NC(COC1OC(CO)C(O)C(O)C1O)C(O)/C=C/CC/C=C/CCCCCCCCCCCCCCCCCCCCCCCCCCCCC. The Balaban J connectivity index is 2.19. The number of ether oxygens (including phenoxy) is 2. The molecule has 95 heavy (non-hydrogen) atoms. The van der Waals surface area contributed by atoms with Gasteiger partial charge in [-0.3, -0.25) is 4.79 Å². The van der Waals surface area contributed by atoms with Crippen LogP contribution in [-0.4, -0.2) is 87.5 Å². The molecule has 0 radical (unpaired) electrons. The lowest BCUT2D eigenvalue weighted by Crippen LogP contribution is -2.60. The molecule has 1 aliphatic rings. The summed E-state index contributed by atoms with van der Waals surface area (Å²) in [7, 11) is 0. The van der Waals surface area contributed by atoms with Gasteiger partial charge < -0.3 is 40.3 Å². The van der Waals surface area contributed by atoms with Crippen molar-refractivity contribution in [3.8, 4) is 0 Å². The second-order valence-corrected chi connectivity index (χ2v) is 26.1. The van der Waals surface area contributed by atoms with Gasteiger partial charge in [0.2, 0.25) is 5.91 Å². The van der Waals surface area contributed by atoms with Gasteiger partial charge in [-0.05, 0) is 122 Å². The maximum atomic E-state index is 13.1. The molecule has 1 saturated heterocycles. The van der Waals surface area contributed by atoms with Crippen LogP contribution in [0.25, 0.3) is 0 Å². The van der Waals surface area contributed by atoms with Gasteiger partial charge in [-0.1, -0.05) is 351 Å². The molecule has 1 fully saturated rings. The highest BCUT2D eigenvalue weighted by atomic mass is 16.7. The number of hydrogen-bond acceptors (Lipinski definition) is 8. The second kappa shape index (κ2) is 72.3. The van der Waals surface area contributed by atoms with Crippen LogP contribution in [0.4, 0.5) is 0 Å². The number of allylic oxidation sites excluding steroid dienone is 27. The molecule has 0 aliphatic carbocycles. The monoisotopic (exact) mass is 1320 g/mol. The second-order valence-electron chi connectivity index (χ2n) is 26.1. The van der Waals surface area contributed by atoms with Crippen molar-refractivity contribution in [2.75, 3.05) is 13.2 Å². The smallest absolute Gasteiger partial charge is 0.220 e. The number of rotatable bonds is 66. The van der Waals surface area contributed by atoms with E-state index in [1.807, 2.05) is 6.08 Å². The number of unbranched alkanes of at least 4 members (excludes halogenated alkanes) is 30. The Kier molecular flexibility index (Phi) is 67.4. The van der Waals surface area contributed by atoms with Gasteiger partial charge in [0.1, 0.15) is 24.4 Å². The molecule has 540 valence electrons. The standard InChI is InChI=1S/C86H143NO8/c1-3-5-7-9-11-13-15-17-19-21-23-25-27-29-31-33-35-37-38-39-40-41-42-44-46-48-50-52-54-56-58-60-62-64-66-68-70-72-74-76-82(90)87-79(78-94-86-85(93)84(92)83(91)81(77-88)95-86)80(89)75-73-71-69-67-65-63-61-59-57-55-53-51-49-47-45-43-36-34-32-30-28-26-24-22-20-18-16-14-12-10-8-6-4-2/h5,7,11,13,17,19,23,25,29,31,35,37,39-40,42,44,48,50,54,56,60,62,65-68,73,75,79-81,83-86,88-89,91-93H,3-4,6,8-10,12,14-16,18,20-22,24,26-28,30,32-34,36,38,41,43,45-47,49,51-53,55,57-59,61,63-64,69-72,74,76-78H2,1-2H3,(H,87,90)/b7-5-,13-11-,19-17-,25-23-,31-29-,37-35-,40-39-,44-42-,50-48-,56-54-,62-60-,67-65+,68-66-,75-73+. The zero-order valence-electron chi connectivity index (χ0n) is 60.6. The van der Waals surface area contributed by atoms with Gasteiger partial charge >= 0.3 is 0 Å². The summed E-state index contributed by atoms with van der Waals surface area (Å²) in [5, 5.41) is 54.8. The number of nitrogens with one attached hydrogen (secondary N) is 1. The summed E-state index contributed by atoms with van der Waals surface area (Å²) in [6.07, 6.45) is 108. The molecule has 0 bridgehead atoms. The number of hydrogen-bond donors (Lipinski definition) is 6. The molecule has 9 nitrogen and oxygen atoms in total. The lowest BCUT2D eigenvalue weighted by Gasteiger charge is -2.40. The van der Waals surface area contributed by atoms with Crippen LogP contribution >= 0.6 is 0 Å². The lowest BCUT2D eigenvalue weighted by molar-refractivity contribution is -0.302. The molecule has 7 unspecified atom stereocenters. The van der Waals surface area contributed by atoms with E-state index in [9.17, 15) is 30.3 Å². The molecular formula is C86H143NO8. The van der Waals surface area contributed by atoms with E-state index >= 15 is 0 Å². The molecule has 1 amide bonds. The number of carbonyl (C=O) groups is 1. The molecule has 0 aromatic carbocycles. The number of carbonyl (C=O) groups excluding carboxylic acids is 1. The Morgan fingerprint density at radius 2 is 0.663 bits per heavy atom. The minimum absolute atomic E-state index is 0.229. The summed E-state index contributed by atoms with van der Waals surface area (Å²) in [5.41, 5.74) is 0. The first-order valence-electron chi connectivity index (χ1n) is 38.9. The fourth-order valence-electron chi connectivity index (χ4n) is 11.3. The van der Waals surface area contributed by atoms with Crippen molar-refractivity contribution in [3.63, 3.8) is 0 Å². The van der Waals surface area contributed by atoms with Gasteiger partial charge in [-0.2, -0.15) is 0 Å². The van der Waals surface area contributed by atoms with Gasteiger partial charge in [0.15, 0.2) is 6.29 Å². The van der Waals surface area contributed by atoms with E-state index in [4.69, 9.17) is 9.47 Å². The van der Waals surface area contributed by atoms with Gasteiger partial charge in [0, 0.05) is 6.42 Å². The molecule has 0 aromatic heterocycles. The first-order valence-corrected chi connectivity index (χ1v) is 38.9. The van der Waals surface area contributed by atoms with Gasteiger partial charge in [-0.25, -0.2) is 0 Å². The molecule has 1 rings (SSSR count). The van der Waals surface area contributed by atoms with Crippen LogP contribution in [0.1, 0.15) is 309 Å². The maximum Gasteiger partial charge on any atom is 0.220 e. The molecule has 0 spiro atoms. The van der Waals surface area contributed by atoms with E-state index in [-0.39, 0.29) is 18.9 Å². The summed E-state index contributed by atoms with van der Waals surface area (Å²) < 4.78 is 11.3. The average molecular weight is 1320 g/mol. The van der Waals surface area contributed by atoms with Gasteiger partial charge in [0.25, 0.3) is 0 Å². The minimum atomic E-state index is -1.59. The van der Waals surface area contributed by atoms with Crippen LogP contribution < -0.4 is 5.32 Å². The largest absolute Gasteiger partial charge is 0.394 e. The quantitative estimate of drug-likeness (QED) is 0.0261. The predicted octanol–water partition coefficient (Wildman–Crippen LogP) is 22.4. The molecule has 0 saturated carbocycles. The van der Waals surface area contributed by atoms with Crippen molar-refractivity contribution in [1.82, 2.24) is 5.32 Å². The fourth-order valence-corrected chi connectivity index (χ4v) is 11.3. The number of aliphatic hydroxyl groups is 5. The molecule has 9 heteroatoms. The van der Waals surface area contributed by atoms with Crippen LogP contribution in [0.3, 0.4) is 0 Å². The van der Waals surface area contributed by atoms with Crippen molar-refractivity contribution in [2.24, 2.45) is 0 Å². The minimum Gasteiger partial charge on any atom is -0.394 e. The predicted molar refractivity (Wildman–Crippen MR) is 409 cm³/mol. The Labute approximate surface area is 583 Å². The Bertz CT molecular complexity index is 2120. The van der Waals surface area contributed by atoms with Crippen LogP contribution in [0.2, 0.25) is 0 Å². The highest BCUT2D eigenvalue weighted by molar-refractivity contribution is 5.76. The topological polar surface area (TPSA) is 149 Å². The van der Waals surface area contributed by atoms with Crippen LogP contribution in [-0.2, 0) is 14.3 Å². The first-order chi connectivity index (χ1) is 46.8. The van der Waals surface area contributed by atoms with E-state index < -0.39 is 49.5 Å². The van der Waals surface area contributed by atoms with Crippen LogP contribution in [0, 0.1) is 0 Å². The van der Waals surface area contributed by atoms with Crippen LogP contribution in [0.15, 0.2) is 170 Å². The molecular weight excluding hydrogens is 1170 g/mol. The summed E-state index contributed by atoms with van der Waals surface area (Å²) in [5.74, 6) is -0.233. The maximum absolute atomic E-state index is 13.1. The number of amides is 1. The summed E-state index contributed by atoms with van der Waals surface area (Å²) in [6.45, 7) is 3.64. The molecule has 0 aromatic rings. The van der Waals surface area contributed by atoms with Crippen LogP contribution in [0.5, 0.6) is 0 Å². The third-order valence-corrected chi connectivity index (χ3v) is 17.3. The normalized spacial score (nSPS) is 18.5. The fraction of sp³-hybridized carbons (Fsp3) is 0.663. The average Bonchev–Trinajstić information content (AvgIpc) is 0.836. The zero-order chi connectivity index (χ0) is 68.5. The van der Waals surface area contributed by atoms with E-state index in [0.717, 1.165) is 109 Å². The molecule has 6 N–H and O–H groups in total. The first kappa shape index (κ1) is 88.6. The Morgan fingerprint density at radius 3 is 1.01 bits per heavy atom. The van der Waals surface area contributed by atoms with E-state index in [0.29, 0.717) is 6.42 Å². The third-order valence-electron chi connectivity index (χ3n) is 17.3. The summed E-state index contributed by atoms with van der Waals surface area (Å²) in [4.78, 5) is 13.1. The zero-order valence-corrected chi connectivity index (χ0v) is 60.6. The molecule has 1 aliphatic heterocycles. The van der Waals surface area contributed by atoms with Crippen molar-refractivity contribution in [2.45, 2.75) is 352 Å². The Hall–Kier alpha value is -4.45. The third kappa shape index (κ3) is 60.5. The number of aliphatic hydroxyl groups excluding tert-OH is 5. The Morgan fingerprint density at radius 1 is 0.368 bits per heavy atom. The summed E-state index contributed by atoms with van der Waals surface area (Å²) >= 11 is 0. The lowest BCUT2D eigenvalue weighted by atomic mass is 9.99. The van der Waals surface area contributed by atoms with Crippen molar-refractivity contribution in [1.29, 1.82) is 0 Å². The van der Waals surface area contributed by atoms with Crippen molar-refractivity contribution >= 4 is 5.91 Å². The molecule has 7 atom stereocenters. The van der Waals surface area contributed by atoms with E-state index in [1.165, 1.54) is 173 Å². The summed E-state index contributed by atoms with van der Waals surface area (Å²) in [6, 6.07) is -0.861. The molecule has 1 heterocycles. The van der Waals surface area contributed by atoms with E-state index in [1.54, 1.807) is 6.08 Å². The highest BCUT2D eigenvalue weighted by Crippen LogP contribution is 2.23.